The fourth-order valence-corrected chi connectivity index (χ4v) is 4.01. The number of amides is 1. The number of halogens is 2. The average molecular weight is 484 g/mol. The van der Waals surface area contributed by atoms with Crippen molar-refractivity contribution < 1.29 is 23.0 Å². The van der Waals surface area contributed by atoms with Gasteiger partial charge >= 0.3 is 0 Å². The van der Waals surface area contributed by atoms with Gasteiger partial charge in [-0.05, 0) is 29.8 Å². The normalized spacial score (nSPS) is 14.1. The number of nitrogens with one attached hydrogen (secondary N) is 1. The fraction of sp³-hybridized carbons (Fsp3) is 0.320. The quantitative estimate of drug-likeness (QED) is 0.526. The van der Waals surface area contributed by atoms with E-state index in [1.54, 1.807) is 31.6 Å². The highest BCUT2D eigenvalue weighted by Gasteiger charge is 2.23. The highest BCUT2D eigenvalue weighted by atomic mass is 19.1. The highest BCUT2D eigenvalue weighted by Crippen LogP contribution is 2.28. The van der Waals surface area contributed by atoms with Crippen LogP contribution in [0.15, 0.2) is 48.8 Å². The van der Waals surface area contributed by atoms with Crippen molar-refractivity contribution >= 4 is 17.4 Å². The molecule has 4 rings (SSSR count). The number of hydrogen-bond acceptors (Lipinski definition) is 7. The van der Waals surface area contributed by atoms with Crippen molar-refractivity contribution in [2.24, 2.45) is 0 Å². The van der Waals surface area contributed by atoms with E-state index < -0.39 is 11.6 Å². The highest BCUT2D eigenvalue weighted by molar-refractivity contribution is 6.07. The van der Waals surface area contributed by atoms with Crippen molar-refractivity contribution in [3.8, 4) is 5.88 Å². The first kappa shape index (κ1) is 24.5. The number of benzene rings is 1. The summed E-state index contributed by atoms with van der Waals surface area (Å²) in [4.78, 5) is 25.9. The summed E-state index contributed by atoms with van der Waals surface area (Å²) in [6, 6.07) is 8.80. The number of hydrogen-bond donors (Lipinski definition) is 1. The summed E-state index contributed by atoms with van der Waals surface area (Å²) in [7, 11) is 3.05. The minimum atomic E-state index is -0.586. The summed E-state index contributed by atoms with van der Waals surface area (Å²) in [5.74, 6) is -0.628. The second-order valence-electron chi connectivity index (χ2n) is 8.16. The van der Waals surface area contributed by atoms with E-state index in [-0.39, 0.29) is 11.8 Å². The van der Waals surface area contributed by atoms with Crippen LogP contribution < -0.4 is 15.0 Å². The Hall–Kier alpha value is -3.63. The van der Waals surface area contributed by atoms with Crippen LogP contribution in [0.5, 0.6) is 5.88 Å². The van der Waals surface area contributed by atoms with Crippen LogP contribution in [0.25, 0.3) is 0 Å². The first-order chi connectivity index (χ1) is 17.0. The number of piperazine rings is 1. The van der Waals surface area contributed by atoms with Crippen LogP contribution in [0.3, 0.4) is 0 Å². The molecular weight excluding hydrogens is 456 g/mol. The van der Waals surface area contributed by atoms with Crippen LogP contribution in [0.2, 0.25) is 0 Å². The van der Waals surface area contributed by atoms with Gasteiger partial charge in [-0.15, -0.1) is 0 Å². The third kappa shape index (κ3) is 5.90. The lowest BCUT2D eigenvalue weighted by Crippen LogP contribution is -2.46. The minimum Gasteiger partial charge on any atom is -0.480 e. The summed E-state index contributed by atoms with van der Waals surface area (Å²) in [5, 5.41) is 2.94. The minimum absolute atomic E-state index is 0.231. The molecule has 1 aliphatic heterocycles. The van der Waals surface area contributed by atoms with Gasteiger partial charge in [-0.25, -0.2) is 18.7 Å². The molecule has 35 heavy (non-hydrogen) atoms. The molecule has 3 aromatic rings. The molecule has 1 saturated heterocycles. The summed E-state index contributed by atoms with van der Waals surface area (Å²) in [6.45, 7) is 3.30. The second-order valence-corrected chi connectivity index (χ2v) is 8.16. The Labute approximate surface area is 202 Å². The first-order valence-electron chi connectivity index (χ1n) is 11.2. The van der Waals surface area contributed by atoms with Crippen LogP contribution in [0.1, 0.15) is 21.5 Å². The zero-order valence-electron chi connectivity index (χ0n) is 19.6. The Morgan fingerprint density at radius 2 is 1.89 bits per heavy atom. The second kappa shape index (κ2) is 11.2. The Morgan fingerprint density at radius 1 is 1.09 bits per heavy atom. The van der Waals surface area contributed by atoms with E-state index in [2.05, 4.69) is 25.1 Å². The third-order valence-electron chi connectivity index (χ3n) is 5.77. The maximum Gasteiger partial charge on any atom is 0.261 e. The third-order valence-corrected chi connectivity index (χ3v) is 5.77. The molecule has 0 unspecified atom stereocenters. The van der Waals surface area contributed by atoms with Crippen LogP contribution in [-0.2, 0) is 17.9 Å². The monoisotopic (exact) mass is 483 g/mol. The van der Waals surface area contributed by atoms with Gasteiger partial charge in [0.15, 0.2) is 5.82 Å². The molecule has 10 heteroatoms. The number of methoxy groups -OCH3 is 2. The van der Waals surface area contributed by atoms with Crippen molar-refractivity contribution in [3.63, 3.8) is 0 Å². The number of pyridine rings is 2. The van der Waals surface area contributed by atoms with E-state index in [1.165, 1.54) is 19.2 Å². The number of rotatable bonds is 8. The van der Waals surface area contributed by atoms with Crippen LogP contribution in [-0.4, -0.2) is 61.2 Å². The molecule has 8 nitrogen and oxygen atoms in total. The molecule has 0 aliphatic carbocycles. The van der Waals surface area contributed by atoms with Crippen molar-refractivity contribution in [3.05, 3.63) is 77.1 Å². The Bertz CT molecular complexity index is 1190. The van der Waals surface area contributed by atoms with Crippen LogP contribution >= 0.6 is 0 Å². The maximum atomic E-state index is 14.1. The number of aromatic nitrogens is 2. The number of nitrogens with zero attached hydrogens (tertiary/aromatic N) is 4. The summed E-state index contributed by atoms with van der Waals surface area (Å²) < 4.78 is 37.7. The maximum absolute atomic E-state index is 14.1. The fourth-order valence-electron chi connectivity index (χ4n) is 4.01. The van der Waals surface area contributed by atoms with Crippen LogP contribution in [0, 0.1) is 11.6 Å². The van der Waals surface area contributed by atoms with Gasteiger partial charge < -0.3 is 19.7 Å². The summed E-state index contributed by atoms with van der Waals surface area (Å²) >= 11 is 0. The molecule has 1 fully saturated rings. The van der Waals surface area contributed by atoms with Gasteiger partial charge in [0, 0.05) is 63.9 Å². The zero-order valence-corrected chi connectivity index (χ0v) is 19.6. The predicted octanol–water partition coefficient (Wildman–Crippen LogP) is 3.48. The molecule has 1 aliphatic rings. The molecule has 184 valence electrons. The van der Waals surface area contributed by atoms with E-state index in [0.717, 1.165) is 11.6 Å². The topological polar surface area (TPSA) is 79.8 Å². The number of anilines is 2. The van der Waals surface area contributed by atoms with Gasteiger partial charge in [-0.2, -0.15) is 0 Å². The van der Waals surface area contributed by atoms with E-state index in [1.807, 2.05) is 6.07 Å². The summed E-state index contributed by atoms with van der Waals surface area (Å²) in [6.07, 6.45) is 3.28. The Balaban J connectivity index is 1.50. The molecule has 3 heterocycles. The zero-order chi connectivity index (χ0) is 24.8. The number of carbonyl (C=O) groups excluding carboxylic acids is 1. The molecule has 0 radical (unpaired) electrons. The molecule has 1 aromatic carbocycles. The van der Waals surface area contributed by atoms with Crippen molar-refractivity contribution in [1.82, 2.24) is 14.9 Å². The average Bonchev–Trinajstić information content (AvgIpc) is 2.86. The van der Waals surface area contributed by atoms with Gasteiger partial charge in [0.2, 0.25) is 5.88 Å². The lowest BCUT2D eigenvalue weighted by atomic mass is 10.1. The number of ether oxygens (including phenoxy) is 2. The van der Waals surface area contributed by atoms with E-state index in [9.17, 15) is 13.6 Å². The Morgan fingerprint density at radius 3 is 2.60 bits per heavy atom. The van der Waals surface area contributed by atoms with Gasteiger partial charge in [-0.3, -0.25) is 9.69 Å². The molecule has 0 saturated carbocycles. The predicted molar refractivity (Wildman–Crippen MR) is 128 cm³/mol. The smallest absolute Gasteiger partial charge is 0.261 e. The SMILES string of the molecule is COCc1cnc(N2CCN(Cc3ccc(F)cc3F)CC2)c(NC(=O)c2cccnc2OC)c1. The van der Waals surface area contributed by atoms with Crippen LogP contribution in [0.4, 0.5) is 20.3 Å². The summed E-state index contributed by atoms with van der Waals surface area (Å²) in [5.41, 5.74) is 2.13. The van der Waals surface area contributed by atoms with E-state index in [4.69, 9.17) is 9.47 Å². The Kier molecular flexibility index (Phi) is 7.84. The van der Waals surface area contributed by atoms with Crippen molar-refractivity contribution in [2.75, 3.05) is 50.6 Å². The van der Waals surface area contributed by atoms with Crippen molar-refractivity contribution in [2.45, 2.75) is 13.2 Å². The molecule has 0 spiro atoms. The first-order valence-corrected chi connectivity index (χ1v) is 11.2. The van der Waals surface area contributed by atoms with Gasteiger partial charge in [0.1, 0.15) is 17.2 Å². The van der Waals surface area contributed by atoms with E-state index in [0.29, 0.717) is 62.0 Å². The van der Waals surface area contributed by atoms with Gasteiger partial charge in [0.25, 0.3) is 5.91 Å². The molecule has 0 bridgehead atoms. The van der Waals surface area contributed by atoms with Crippen molar-refractivity contribution in [1.29, 1.82) is 0 Å². The van der Waals surface area contributed by atoms with E-state index >= 15 is 0 Å². The molecule has 1 N–H and O–H groups in total. The molecular formula is C25H27F2N5O3. The molecule has 2 aromatic heterocycles. The standard InChI is InChI=1S/C25H27F2N5O3/c1-34-16-17-12-22(30-24(33)20-4-3-7-28-25(20)35-2)23(29-14-17)32-10-8-31(9-11-32)15-18-5-6-19(26)13-21(18)27/h3-7,12-14H,8-11,15-16H2,1-2H3,(H,30,33). The molecule has 0 atom stereocenters. The lowest BCUT2D eigenvalue weighted by molar-refractivity contribution is 0.102. The van der Waals surface area contributed by atoms with Gasteiger partial charge in [0.05, 0.1) is 19.4 Å². The molecule has 1 amide bonds. The van der Waals surface area contributed by atoms with Gasteiger partial charge in [-0.1, -0.05) is 6.07 Å². The largest absolute Gasteiger partial charge is 0.480 e. The lowest BCUT2D eigenvalue weighted by Gasteiger charge is -2.36. The number of carbonyl (C=O) groups is 1.